The first-order valence-electron chi connectivity index (χ1n) is 14.2. The Hall–Kier alpha value is -3.41. The molecule has 1 aliphatic heterocycles. The van der Waals surface area contributed by atoms with Crippen LogP contribution in [0, 0.1) is 22.7 Å². The molecule has 1 heterocycles. The molecule has 1 saturated carbocycles. The highest BCUT2D eigenvalue weighted by Gasteiger charge is 2.58. The molecule has 3 aliphatic rings. The van der Waals surface area contributed by atoms with Gasteiger partial charge < -0.3 is 14.9 Å². The van der Waals surface area contributed by atoms with Gasteiger partial charge in [0.05, 0.1) is 11.8 Å². The second kappa shape index (κ2) is 10.9. The molecule has 0 amide bonds. The fourth-order valence-corrected chi connectivity index (χ4v) is 6.96. The molecule has 1 fully saturated rings. The number of carbonyl (C=O) groups is 3. The van der Waals surface area contributed by atoms with Crippen molar-refractivity contribution in [2.24, 2.45) is 22.7 Å². The topological polar surface area (TPSA) is 101 Å². The van der Waals surface area contributed by atoms with Gasteiger partial charge in [0.2, 0.25) is 0 Å². The van der Waals surface area contributed by atoms with Gasteiger partial charge in [-0.15, -0.1) is 0 Å². The average Bonchev–Trinajstić information content (AvgIpc) is 2.86. The van der Waals surface area contributed by atoms with Crippen molar-refractivity contribution in [2.75, 3.05) is 0 Å². The predicted molar refractivity (Wildman–Crippen MR) is 155 cm³/mol. The minimum atomic E-state index is -1.40. The van der Waals surface area contributed by atoms with E-state index in [-0.39, 0.29) is 59.0 Å². The van der Waals surface area contributed by atoms with Crippen molar-refractivity contribution in [3.63, 3.8) is 0 Å². The molecule has 0 saturated heterocycles. The van der Waals surface area contributed by atoms with Crippen LogP contribution >= 0.6 is 0 Å². The number of ether oxygens (including phenoxy) is 1. The molecular weight excluding hydrogens is 504 g/mol. The van der Waals surface area contributed by atoms with Crippen molar-refractivity contribution in [3.05, 3.63) is 82.4 Å². The Morgan fingerprint density at radius 2 is 1.82 bits per heavy atom. The van der Waals surface area contributed by atoms with Gasteiger partial charge in [-0.25, -0.2) is 0 Å². The van der Waals surface area contributed by atoms with Gasteiger partial charge in [-0.3, -0.25) is 14.4 Å². The molecule has 2 N–H and O–H groups in total. The Balaban J connectivity index is 1.99. The van der Waals surface area contributed by atoms with Gasteiger partial charge in [0.15, 0.2) is 11.6 Å². The summed E-state index contributed by atoms with van der Waals surface area (Å²) in [6.45, 7) is 16.1. The summed E-state index contributed by atoms with van der Waals surface area (Å²) in [5, 5.41) is 22.3. The fourth-order valence-electron chi connectivity index (χ4n) is 6.96. The van der Waals surface area contributed by atoms with Crippen LogP contribution in [0.4, 0.5) is 0 Å². The molecule has 2 aliphatic carbocycles. The van der Waals surface area contributed by atoms with E-state index >= 15 is 0 Å². The number of hydrogen-bond donors (Lipinski definition) is 2. The number of hydrogen-bond acceptors (Lipinski definition) is 5. The van der Waals surface area contributed by atoms with Crippen molar-refractivity contribution >= 4 is 17.5 Å². The molecule has 1 aromatic carbocycles. The summed E-state index contributed by atoms with van der Waals surface area (Å²) >= 11 is 0. The quantitative estimate of drug-likeness (QED) is 0.250. The first-order valence-corrected chi connectivity index (χ1v) is 14.2. The molecule has 5 atom stereocenters. The molecule has 0 aromatic heterocycles. The molecule has 40 heavy (non-hydrogen) atoms. The Morgan fingerprint density at radius 3 is 2.38 bits per heavy atom. The van der Waals surface area contributed by atoms with Gasteiger partial charge in [-0.05, 0) is 69.8 Å². The predicted octanol–water partition coefficient (Wildman–Crippen LogP) is 7.24. The maximum absolute atomic E-state index is 14.5. The van der Waals surface area contributed by atoms with E-state index in [2.05, 4.69) is 20.4 Å². The minimum Gasteiger partial charge on any atom is -0.511 e. The van der Waals surface area contributed by atoms with Crippen molar-refractivity contribution in [1.29, 1.82) is 0 Å². The lowest BCUT2D eigenvalue weighted by Gasteiger charge is -2.56. The molecule has 2 unspecified atom stereocenters. The van der Waals surface area contributed by atoms with Gasteiger partial charge in [-0.1, -0.05) is 68.0 Å². The molecule has 214 valence electrons. The van der Waals surface area contributed by atoms with E-state index in [0.717, 1.165) is 17.6 Å². The maximum atomic E-state index is 14.5. The minimum absolute atomic E-state index is 0.0343. The van der Waals surface area contributed by atoms with Crippen LogP contribution in [0.5, 0.6) is 0 Å². The summed E-state index contributed by atoms with van der Waals surface area (Å²) in [4.78, 5) is 40.2. The highest BCUT2D eigenvalue weighted by molar-refractivity contribution is 6.25. The molecule has 0 radical (unpaired) electrons. The number of allylic oxidation sites excluding steroid dienone is 6. The summed E-state index contributed by atoms with van der Waals surface area (Å²) in [5.41, 5.74) is 1.41. The Kier molecular flexibility index (Phi) is 8.04. The van der Waals surface area contributed by atoms with E-state index in [4.69, 9.17) is 4.74 Å². The number of ketones is 2. The molecule has 0 bridgehead atoms. The van der Waals surface area contributed by atoms with Gasteiger partial charge >= 0.3 is 5.97 Å². The summed E-state index contributed by atoms with van der Waals surface area (Å²) in [6.07, 6.45) is 2.54. The molecule has 6 nitrogen and oxygen atoms in total. The van der Waals surface area contributed by atoms with E-state index in [1.165, 1.54) is 0 Å². The zero-order valence-electron chi connectivity index (χ0n) is 24.5. The zero-order chi connectivity index (χ0) is 29.6. The number of rotatable bonds is 9. The lowest BCUT2D eigenvalue weighted by molar-refractivity contribution is -0.137. The maximum Gasteiger partial charge on any atom is 0.304 e. The Labute approximate surface area is 237 Å². The monoisotopic (exact) mass is 546 g/mol. The van der Waals surface area contributed by atoms with Crippen LogP contribution < -0.4 is 0 Å². The second-order valence-corrected chi connectivity index (χ2v) is 12.8. The van der Waals surface area contributed by atoms with Gasteiger partial charge in [0, 0.05) is 17.9 Å². The summed E-state index contributed by atoms with van der Waals surface area (Å²) in [7, 11) is 0. The van der Waals surface area contributed by atoms with Crippen LogP contribution in [-0.2, 0) is 19.1 Å². The lowest BCUT2D eigenvalue weighted by atomic mass is 9.48. The molecule has 0 spiro atoms. The largest absolute Gasteiger partial charge is 0.511 e. The van der Waals surface area contributed by atoms with E-state index in [1.807, 2.05) is 57.2 Å². The van der Waals surface area contributed by atoms with Crippen LogP contribution in [0.3, 0.4) is 0 Å². The van der Waals surface area contributed by atoms with E-state index in [9.17, 15) is 24.6 Å². The summed E-state index contributed by atoms with van der Waals surface area (Å²) < 4.78 is 6.15. The van der Waals surface area contributed by atoms with Crippen molar-refractivity contribution in [2.45, 2.75) is 85.7 Å². The highest BCUT2D eigenvalue weighted by atomic mass is 16.5. The SMILES string of the molecule is C=C(C)[C@@H]1C[C@@H](CC2(CC=C(C)C)C(=O)C3=C(O[C@@H](C)CC3=O)C(C(CC(=O)O)c3ccccc3)=C2O)C1(C)C. The summed E-state index contributed by atoms with van der Waals surface area (Å²) in [5.74, 6) is -2.34. The standard InChI is InChI=1S/C34H42O6/c1-19(2)13-14-34(18-23-16-25(20(3)4)33(23,6)7)31(38)28(24(17-27(36)37)22-11-9-8-10-12-22)30-29(32(34)39)26(35)15-21(5)40-30/h8-13,21,23-25,38H,3,14-18H2,1-2,4-7H3,(H,36,37)/t21-,23-,24?,25-,34?/m0/s1. The van der Waals surface area contributed by atoms with Crippen LogP contribution in [0.15, 0.2) is 76.8 Å². The van der Waals surface area contributed by atoms with Gasteiger partial charge in [-0.2, -0.15) is 0 Å². The number of Topliss-reactive ketones (excluding diaryl/α,β-unsaturated/α-hetero) is 2. The van der Waals surface area contributed by atoms with Gasteiger partial charge in [0.25, 0.3) is 0 Å². The fraction of sp³-hybridized carbons (Fsp3) is 0.500. The lowest BCUT2D eigenvalue weighted by Crippen LogP contribution is -2.51. The van der Waals surface area contributed by atoms with E-state index in [1.54, 1.807) is 6.92 Å². The van der Waals surface area contributed by atoms with E-state index in [0.29, 0.717) is 17.9 Å². The number of carboxylic acid groups (broad SMARTS) is 1. The Morgan fingerprint density at radius 1 is 1.18 bits per heavy atom. The number of carbonyl (C=O) groups excluding carboxylic acids is 2. The van der Waals surface area contributed by atoms with Crippen LogP contribution in [-0.4, -0.2) is 33.9 Å². The van der Waals surface area contributed by atoms with Crippen molar-refractivity contribution < 1.29 is 29.3 Å². The number of aliphatic carboxylic acids is 1. The van der Waals surface area contributed by atoms with Crippen molar-refractivity contribution in [3.8, 4) is 0 Å². The number of aliphatic hydroxyl groups is 1. The van der Waals surface area contributed by atoms with Crippen molar-refractivity contribution in [1.82, 2.24) is 0 Å². The number of benzene rings is 1. The molecule has 1 aromatic rings. The molecule has 4 rings (SSSR count). The van der Waals surface area contributed by atoms with Crippen LogP contribution in [0.25, 0.3) is 0 Å². The second-order valence-electron chi connectivity index (χ2n) is 12.8. The first-order chi connectivity index (χ1) is 18.7. The van der Waals surface area contributed by atoms with Crippen LogP contribution in [0.1, 0.15) is 85.1 Å². The molecule has 6 heteroatoms. The van der Waals surface area contributed by atoms with Crippen LogP contribution in [0.2, 0.25) is 0 Å². The zero-order valence-corrected chi connectivity index (χ0v) is 24.5. The highest BCUT2D eigenvalue weighted by Crippen LogP contribution is 2.61. The van der Waals surface area contributed by atoms with Gasteiger partial charge in [0.1, 0.15) is 23.2 Å². The number of carboxylic acids is 1. The Bertz CT molecular complexity index is 1320. The normalized spacial score (nSPS) is 28.3. The third kappa shape index (κ3) is 5.09. The number of aliphatic hydroxyl groups excluding tert-OH is 1. The smallest absolute Gasteiger partial charge is 0.304 e. The summed E-state index contributed by atoms with van der Waals surface area (Å²) in [6, 6.07) is 9.08. The first kappa shape index (κ1) is 29.6. The third-order valence-corrected chi connectivity index (χ3v) is 9.36. The molecular formula is C34H42O6. The van der Waals surface area contributed by atoms with E-state index < -0.39 is 29.2 Å². The third-order valence-electron chi connectivity index (χ3n) is 9.36. The average molecular weight is 547 g/mol.